The summed E-state index contributed by atoms with van der Waals surface area (Å²) in [6.45, 7) is 4.30. The van der Waals surface area contributed by atoms with Gasteiger partial charge in [0.25, 0.3) is 0 Å². The van der Waals surface area contributed by atoms with Gasteiger partial charge in [-0.2, -0.15) is 0 Å². The highest BCUT2D eigenvalue weighted by Crippen LogP contribution is 2.40. The molecule has 0 unspecified atom stereocenters. The maximum Gasteiger partial charge on any atom is 0.0516 e. The third-order valence-corrected chi connectivity index (χ3v) is 5.41. The van der Waals surface area contributed by atoms with Crippen LogP contribution in [0.5, 0.6) is 0 Å². The number of halogens is 2. The number of hydrogen-bond donors (Lipinski definition) is 1. The van der Waals surface area contributed by atoms with Gasteiger partial charge in [-0.25, -0.2) is 0 Å². The number of hydrogen-bond acceptors (Lipinski definition) is 1. The van der Waals surface area contributed by atoms with Crippen molar-refractivity contribution >= 4 is 37.5 Å². The van der Waals surface area contributed by atoms with Crippen LogP contribution in [0.1, 0.15) is 35.4 Å². The predicted octanol–water partition coefficient (Wildman–Crippen LogP) is 6.19. The highest BCUT2D eigenvalue weighted by molar-refractivity contribution is 9.10. The van der Waals surface area contributed by atoms with Crippen molar-refractivity contribution in [2.45, 2.75) is 38.6 Å². The molecule has 1 N–H and O–H groups in total. The lowest BCUT2D eigenvalue weighted by Gasteiger charge is -2.37. The number of rotatable bonds is 3. The van der Waals surface area contributed by atoms with E-state index in [0.29, 0.717) is 12.0 Å². The molecular weight excluding hydrogens is 390 g/mol. The van der Waals surface area contributed by atoms with Crippen LogP contribution in [0.2, 0.25) is 0 Å². The summed E-state index contributed by atoms with van der Waals surface area (Å²) < 4.78 is 2.33. The Balaban J connectivity index is 1.64. The van der Waals surface area contributed by atoms with Crippen molar-refractivity contribution < 1.29 is 0 Å². The summed E-state index contributed by atoms with van der Waals surface area (Å²) in [5, 5.41) is 3.70. The molecule has 2 aromatic carbocycles. The summed E-state index contributed by atoms with van der Waals surface area (Å²) in [4.78, 5) is 0. The number of anilines is 1. The minimum atomic E-state index is 0.580. The first kappa shape index (κ1) is 15.1. The van der Waals surface area contributed by atoms with Crippen molar-refractivity contribution in [3.8, 4) is 0 Å². The standard InChI is InChI=1S/C18H19Br2N/c1-11-7-12(2)18(17(20)8-11)21-16-9-14(10-16)13-3-5-15(19)6-4-13/h3-8,14,16,21H,9-10H2,1-2H3. The van der Waals surface area contributed by atoms with E-state index in [1.807, 2.05) is 0 Å². The van der Waals surface area contributed by atoms with Crippen molar-refractivity contribution in [1.29, 1.82) is 0 Å². The smallest absolute Gasteiger partial charge is 0.0516 e. The van der Waals surface area contributed by atoms with Gasteiger partial charge in [-0.05, 0) is 83.4 Å². The molecule has 0 atom stereocenters. The van der Waals surface area contributed by atoms with Crippen molar-refractivity contribution in [3.63, 3.8) is 0 Å². The Morgan fingerprint density at radius 3 is 2.29 bits per heavy atom. The van der Waals surface area contributed by atoms with Crippen LogP contribution in [0.25, 0.3) is 0 Å². The summed E-state index contributed by atoms with van der Waals surface area (Å²) in [6.07, 6.45) is 2.42. The lowest BCUT2D eigenvalue weighted by molar-refractivity contribution is 0.374. The van der Waals surface area contributed by atoms with Crippen LogP contribution >= 0.6 is 31.9 Å². The minimum Gasteiger partial charge on any atom is -0.381 e. The second-order valence-electron chi connectivity index (χ2n) is 6.00. The molecule has 0 aromatic heterocycles. The van der Waals surface area contributed by atoms with E-state index in [1.165, 1.54) is 39.7 Å². The Bertz CT molecular complexity index is 620. The maximum atomic E-state index is 3.70. The summed E-state index contributed by atoms with van der Waals surface area (Å²) >= 11 is 7.17. The average Bonchev–Trinajstić information content (AvgIpc) is 2.37. The van der Waals surface area contributed by atoms with E-state index >= 15 is 0 Å². The highest BCUT2D eigenvalue weighted by atomic mass is 79.9. The molecule has 1 saturated carbocycles. The van der Waals surface area contributed by atoms with Gasteiger partial charge in [-0.1, -0.05) is 34.1 Å². The topological polar surface area (TPSA) is 12.0 Å². The molecule has 0 bridgehead atoms. The quantitative estimate of drug-likeness (QED) is 0.638. The monoisotopic (exact) mass is 407 g/mol. The van der Waals surface area contributed by atoms with Crippen LogP contribution in [0.4, 0.5) is 5.69 Å². The van der Waals surface area contributed by atoms with Crippen LogP contribution in [-0.4, -0.2) is 6.04 Å². The second-order valence-corrected chi connectivity index (χ2v) is 7.77. The number of benzene rings is 2. The lowest BCUT2D eigenvalue weighted by atomic mass is 9.76. The molecule has 0 spiro atoms. The van der Waals surface area contributed by atoms with Gasteiger partial charge >= 0.3 is 0 Å². The Kier molecular flexibility index (Phi) is 4.41. The zero-order valence-corrected chi connectivity index (χ0v) is 15.5. The minimum absolute atomic E-state index is 0.580. The SMILES string of the molecule is Cc1cc(C)c(NC2CC(c3ccc(Br)cc3)C2)c(Br)c1. The van der Waals surface area contributed by atoms with E-state index in [1.54, 1.807) is 0 Å². The van der Waals surface area contributed by atoms with Gasteiger partial charge in [0.2, 0.25) is 0 Å². The van der Waals surface area contributed by atoms with Crippen LogP contribution in [-0.2, 0) is 0 Å². The first-order valence-corrected chi connectivity index (χ1v) is 8.90. The van der Waals surface area contributed by atoms with Crippen molar-refractivity contribution in [2.24, 2.45) is 0 Å². The normalized spacial score (nSPS) is 21.0. The van der Waals surface area contributed by atoms with Gasteiger partial charge < -0.3 is 5.32 Å². The molecule has 2 aromatic rings. The molecule has 1 aliphatic rings. The summed E-state index contributed by atoms with van der Waals surface area (Å²) in [6, 6.07) is 13.7. The Morgan fingerprint density at radius 2 is 1.67 bits per heavy atom. The van der Waals surface area contributed by atoms with E-state index in [4.69, 9.17) is 0 Å². The largest absolute Gasteiger partial charge is 0.381 e. The maximum absolute atomic E-state index is 3.70. The summed E-state index contributed by atoms with van der Waals surface area (Å²) in [5.74, 6) is 0.695. The molecule has 0 aliphatic heterocycles. The fourth-order valence-electron chi connectivity index (χ4n) is 3.05. The van der Waals surface area contributed by atoms with Gasteiger partial charge in [0.15, 0.2) is 0 Å². The molecule has 21 heavy (non-hydrogen) atoms. The molecule has 3 rings (SSSR count). The molecule has 1 aliphatic carbocycles. The van der Waals surface area contributed by atoms with E-state index in [0.717, 1.165) is 4.47 Å². The Morgan fingerprint density at radius 1 is 1.00 bits per heavy atom. The van der Waals surface area contributed by atoms with Crippen LogP contribution in [0.15, 0.2) is 45.3 Å². The molecule has 0 saturated heterocycles. The molecule has 0 heterocycles. The molecular formula is C18H19Br2N. The molecule has 0 amide bonds. The van der Waals surface area contributed by atoms with E-state index in [2.05, 4.69) is 87.4 Å². The van der Waals surface area contributed by atoms with Crippen LogP contribution < -0.4 is 5.32 Å². The first-order valence-electron chi connectivity index (χ1n) is 7.31. The Labute approximate surface area is 143 Å². The first-order chi connectivity index (χ1) is 10.0. The number of nitrogens with one attached hydrogen (secondary N) is 1. The molecule has 1 nitrogen and oxygen atoms in total. The Hall–Kier alpha value is -0.800. The van der Waals surface area contributed by atoms with Crippen molar-refractivity contribution in [1.82, 2.24) is 0 Å². The average molecular weight is 409 g/mol. The molecule has 1 fully saturated rings. The van der Waals surface area contributed by atoms with Crippen molar-refractivity contribution in [3.05, 3.63) is 62.0 Å². The third kappa shape index (κ3) is 3.35. The summed E-state index contributed by atoms with van der Waals surface area (Å²) in [7, 11) is 0. The van der Waals surface area contributed by atoms with Crippen molar-refractivity contribution in [2.75, 3.05) is 5.32 Å². The van der Waals surface area contributed by atoms with E-state index in [9.17, 15) is 0 Å². The van der Waals surface area contributed by atoms with Gasteiger partial charge in [0.05, 0.1) is 5.69 Å². The fourth-order valence-corrected chi connectivity index (χ4v) is 4.10. The second kappa shape index (κ2) is 6.13. The third-order valence-electron chi connectivity index (χ3n) is 4.26. The predicted molar refractivity (Wildman–Crippen MR) is 97.1 cm³/mol. The molecule has 0 radical (unpaired) electrons. The zero-order valence-electron chi connectivity index (χ0n) is 12.3. The van der Waals surface area contributed by atoms with E-state index < -0.39 is 0 Å². The van der Waals surface area contributed by atoms with Gasteiger partial charge in [-0.15, -0.1) is 0 Å². The van der Waals surface area contributed by atoms with Gasteiger partial charge in [0, 0.05) is 15.0 Å². The van der Waals surface area contributed by atoms with Gasteiger partial charge in [0.1, 0.15) is 0 Å². The molecule has 110 valence electrons. The van der Waals surface area contributed by atoms with E-state index in [-0.39, 0.29) is 0 Å². The lowest BCUT2D eigenvalue weighted by Crippen LogP contribution is -2.34. The zero-order chi connectivity index (χ0) is 15.0. The highest BCUT2D eigenvalue weighted by Gasteiger charge is 2.30. The van der Waals surface area contributed by atoms with Gasteiger partial charge in [-0.3, -0.25) is 0 Å². The summed E-state index contributed by atoms with van der Waals surface area (Å²) in [5.41, 5.74) is 5.32. The molecule has 3 heteroatoms. The van der Waals surface area contributed by atoms with Crippen LogP contribution in [0.3, 0.4) is 0 Å². The number of aryl methyl sites for hydroxylation is 2. The fraction of sp³-hybridized carbons (Fsp3) is 0.333. The van der Waals surface area contributed by atoms with Crippen LogP contribution in [0, 0.1) is 13.8 Å².